The number of ketones is 2. The first-order valence-electron chi connectivity index (χ1n) is 8.93. The van der Waals surface area contributed by atoms with Gasteiger partial charge in [-0.3, -0.25) is 19.2 Å². The lowest BCUT2D eigenvalue weighted by molar-refractivity contribution is -0.143. The molecule has 0 heterocycles. The van der Waals surface area contributed by atoms with Crippen molar-refractivity contribution < 1.29 is 23.9 Å². The van der Waals surface area contributed by atoms with Gasteiger partial charge in [0.1, 0.15) is 0 Å². The summed E-state index contributed by atoms with van der Waals surface area (Å²) in [6.45, 7) is 4.94. The molecule has 28 heavy (non-hydrogen) atoms. The molecule has 0 aliphatic carbocycles. The molecule has 0 unspecified atom stereocenters. The standard InChI is InChI=1S/C22H23NO5/c1-14-7-8-18(11-15(14)2)20(25)13-28-22(27)10-9-21(26)23-19-6-4-5-17(12-19)16(3)24/h4-8,11-12H,9-10,13H2,1-3H3,(H,23,26). The predicted molar refractivity (Wildman–Crippen MR) is 106 cm³/mol. The van der Waals surface area contributed by atoms with Crippen LogP contribution < -0.4 is 5.32 Å². The highest BCUT2D eigenvalue weighted by Gasteiger charge is 2.13. The van der Waals surface area contributed by atoms with Crippen LogP contribution in [0.5, 0.6) is 0 Å². The van der Waals surface area contributed by atoms with Gasteiger partial charge in [-0.1, -0.05) is 24.3 Å². The maximum atomic E-state index is 12.1. The molecule has 0 saturated heterocycles. The van der Waals surface area contributed by atoms with Crippen LogP contribution in [0, 0.1) is 13.8 Å². The molecule has 2 aromatic carbocycles. The maximum absolute atomic E-state index is 12.1. The Bertz CT molecular complexity index is 917. The van der Waals surface area contributed by atoms with Gasteiger partial charge in [-0.25, -0.2) is 0 Å². The van der Waals surface area contributed by atoms with Crippen molar-refractivity contribution in [2.75, 3.05) is 11.9 Å². The predicted octanol–water partition coefficient (Wildman–Crippen LogP) is 3.65. The Balaban J connectivity index is 1.78. The molecule has 1 N–H and O–H groups in total. The third kappa shape index (κ3) is 6.16. The zero-order valence-corrected chi connectivity index (χ0v) is 16.2. The first-order valence-corrected chi connectivity index (χ1v) is 8.93. The lowest BCUT2D eigenvalue weighted by Gasteiger charge is -2.07. The Hall–Kier alpha value is -3.28. The van der Waals surface area contributed by atoms with Crippen molar-refractivity contribution in [3.05, 3.63) is 64.7 Å². The normalized spacial score (nSPS) is 10.2. The lowest BCUT2D eigenvalue weighted by atomic mass is 10.0. The van der Waals surface area contributed by atoms with E-state index < -0.39 is 5.97 Å². The van der Waals surface area contributed by atoms with Crippen LogP contribution >= 0.6 is 0 Å². The molecule has 1 amide bonds. The molecular formula is C22H23NO5. The maximum Gasteiger partial charge on any atom is 0.306 e. The summed E-state index contributed by atoms with van der Waals surface area (Å²) in [5, 5.41) is 2.63. The summed E-state index contributed by atoms with van der Waals surface area (Å²) in [5.74, 6) is -1.39. The van der Waals surface area contributed by atoms with Crippen LogP contribution in [0.25, 0.3) is 0 Å². The number of carbonyl (C=O) groups excluding carboxylic acids is 4. The van der Waals surface area contributed by atoms with E-state index in [2.05, 4.69) is 5.32 Å². The van der Waals surface area contributed by atoms with Crippen LogP contribution in [-0.4, -0.2) is 30.0 Å². The van der Waals surface area contributed by atoms with E-state index in [-0.39, 0.29) is 36.9 Å². The van der Waals surface area contributed by atoms with Crippen LogP contribution in [0.1, 0.15) is 51.6 Å². The van der Waals surface area contributed by atoms with Gasteiger partial charge in [-0.15, -0.1) is 0 Å². The van der Waals surface area contributed by atoms with Gasteiger partial charge in [0.05, 0.1) is 6.42 Å². The molecule has 6 nitrogen and oxygen atoms in total. The van der Waals surface area contributed by atoms with E-state index in [4.69, 9.17) is 4.74 Å². The molecule has 2 aromatic rings. The number of nitrogens with one attached hydrogen (secondary N) is 1. The third-order valence-corrected chi connectivity index (χ3v) is 4.30. The summed E-state index contributed by atoms with van der Waals surface area (Å²) < 4.78 is 4.97. The number of carbonyl (C=O) groups is 4. The van der Waals surface area contributed by atoms with E-state index in [1.165, 1.54) is 6.92 Å². The fraction of sp³-hybridized carbons (Fsp3) is 0.273. The van der Waals surface area contributed by atoms with Crippen molar-refractivity contribution in [3.63, 3.8) is 0 Å². The van der Waals surface area contributed by atoms with Gasteiger partial charge >= 0.3 is 5.97 Å². The Morgan fingerprint density at radius 1 is 0.893 bits per heavy atom. The molecule has 0 saturated carbocycles. The third-order valence-electron chi connectivity index (χ3n) is 4.30. The molecule has 146 valence electrons. The van der Waals surface area contributed by atoms with Gasteiger partial charge in [0, 0.05) is 23.2 Å². The quantitative estimate of drug-likeness (QED) is 0.557. The van der Waals surface area contributed by atoms with Crippen molar-refractivity contribution in [1.82, 2.24) is 0 Å². The van der Waals surface area contributed by atoms with Crippen LogP contribution in [0.4, 0.5) is 5.69 Å². The van der Waals surface area contributed by atoms with Crippen LogP contribution in [-0.2, 0) is 14.3 Å². The van der Waals surface area contributed by atoms with Gasteiger partial charge in [0.15, 0.2) is 18.2 Å². The largest absolute Gasteiger partial charge is 0.457 e. The van der Waals surface area contributed by atoms with Crippen LogP contribution in [0.2, 0.25) is 0 Å². The Morgan fingerprint density at radius 3 is 2.32 bits per heavy atom. The molecule has 0 spiro atoms. The van der Waals surface area contributed by atoms with Crippen molar-refractivity contribution in [2.24, 2.45) is 0 Å². The summed E-state index contributed by atoms with van der Waals surface area (Å²) in [7, 11) is 0. The minimum absolute atomic E-state index is 0.0824. The number of rotatable bonds is 8. The van der Waals surface area contributed by atoms with Crippen LogP contribution in [0.3, 0.4) is 0 Å². The zero-order valence-electron chi connectivity index (χ0n) is 16.2. The summed E-state index contributed by atoms with van der Waals surface area (Å²) >= 11 is 0. The molecular weight excluding hydrogens is 358 g/mol. The average molecular weight is 381 g/mol. The molecule has 0 bridgehead atoms. The van der Waals surface area contributed by atoms with E-state index >= 15 is 0 Å². The van der Waals surface area contributed by atoms with Gasteiger partial charge in [-0.05, 0) is 50.1 Å². The van der Waals surface area contributed by atoms with Crippen molar-refractivity contribution in [3.8, 4) is 0 Å². The minimum Gasteiger partial charge on any atom is -0.457 e. The number of Topliss-reactive ketones (excluding diaryl/α,β-unsaturated/α-hetero) is 2. The Morgan fingerprint density at radius 2 is 1.64 bits per heavy atom. The fourth-order valence-electron chi connectivity index (χ4n) is 2.47. The molecule has 0 aliphatic rings. The Labute approximate surface area is 163 Å². The smallest absolute Gasteiger partial charge is 0.306 e. The highest BCUT2D eigenvalue weighted by Crippen LogP contribution is 2.13. The number of aryl methyl sites for hydroxylation is 2. The number of amides is 1. The molecule has 2 rings (SSSR count). The van der Waals surface area contributed by atoms with Crippen molar-refractivity contribution >= 4 is 29.1 Å². The number of esters is 1. The molecule has 0 atom stereocenters. The van der Waals surface area contributed by atoms with Crippen molar-refractivity contribution in [1.29, 1.82) is 0 Å². The first kappa shape index (κ1) is 21.0. The van der Waals surface area contributed by atoms with E-state index in [0.717, 1.165) is 11.1 Å². The van der Waals surface area contributed by atoms with E-state index in [1.807, 2.05) is 19.9 Å². The minimum atomic E-state index is -0.621. The van der Waals surface area contributed by atoms with Gasteiger partial charge in [0.25, 0.3) is 0 Å². The lowest BCUT2D eigenvalue weighted by Crippen LogP contribution is -2.17. The highest BCUT2D eigenvalue weighted by molar-refractivity contribution is 5.99. The van der Waals surface area contributed by atoms with Crippen LogP contribution in [0.15, 0.2) is 42.5 Å². The molecule has 0 fully saturated rings. The number of hydrogen-bond acceptors (Lipinski definition) is 5. The summed E-state index contributed by atoms with van der Waals surface area (Å²) in [4.78, 5) is 47.2. The summed E-state index contributed by atoms with van der Waals surface area (Å²) in [6, 6.07) is 11.8. The zero-order chi connectivity index (χ0) is 20.7. The second-order valence-electron chi connectivity index (χ2n) is 6.57. The SMILES string of the molecule is CC(=O)c1cccc(NC(=O)CCC(=O)OCC(=O)c2ccc(C)c(C)c2)c1. The number of ether oxygens (including phenoxy) is 1. The number of hydrogen-bond donors (Lipinski definition) is 1. The van der Waals surface area contributed by atoms with Gasteiger partial charge in [0.2, 0.25) is 5.91 Å². The highest BCUT2D eigenvalue weighted by atomic mass is 16.5. The molecule has 0 aliphatic heterocycles. The van der Waals surface area contributed by atoms with E-state index in [9.17, 15) is 19.2 Å². The second kappa shape index (κ2) is 9.60. The molecule has 6 heteroatoms. The summed E-state index contributed by atoms with van der Waals surface area (Å²) in [6.07, 6.45) is -0.223. The first-order chi connectivity index (χ1) is 13.3. The fourth-order valence-corrected chi connectivity index (χ4v) is 2.47. The number of anilines is 1. The summed E-state index contributed by atoms with van der Waals surface area (Å²) in [5.41, 5.74) is 3.52. The van der Waals surface area contributed by atoms with E-state index in [0.29, 0.717) is 16.8 Å². The topological polar surface area (TPSA) is 89.5 Å². The number of benzene rings is 2. The monoisotopic (exact) mass is 381 g/mol. The molecule has 0 aromatic heterocycles. The van der Waals surface area contributed by atoms with Crippen molar-refractivity contribution in [2.45, 2.75) is 33.6 Å². The van der Waals surface area contributed by atoms with Gasteiger partial charge in [-0.2, -0.15) is 0 Å². The van der Waals surface area contributed by atoms with Gasteiger partial charge < -0.3 is 10.1 Å². The Kier molecular flexibility index (Phi) is 7.21. The molecule has 0 radical (unpaired) electrons. The average Bonchev–Trinajstić information content (AvgIpc) is 2.66. The van der Waals surface area contributed by atoms with E-state index in [1.54, 1.807) is 36.4 Å². The second-order valence-corrected chi connectivity index (χ2v) is 6.57.